The zero-order valence-electron chi connectivity index (χ0n) is 13.1. The number of hydrogen-bond donors (Lipinski definition) is 1. The Morgan fingerprint density at radius 3 is 2.38 bits per heavy atom. The van der Waals surface area contributed by atoms with Crippen molar-refractivity contribution in [2.75, 3.05) is 37.0 Å². The molecule has 5 nitrogen and oxygen atoms in total. The second-order valence-corrected chi connectivity index (χ2v) is 6.28. The van der Waals surface area contributed by atoms with Crippen LogP contribution < -0.4 is 10.2 Å². The highest BCUT2D eigenvalue weighted by Crippen LogP contribution is 2.35. The molecule has 1 N–H and O–H groups in total. The third kappa shape index (κ3) is 4.30. The summed E-state index contributed by atoms with van der Waals surface area (Å²) >= 11 is 0. The molecule has 0 aromatic carbocycles. The van der Waals surface area contributed by atoms with Gasteiger partial charge in [-0.25, -0.2) is 9.97 Å². The van der Waals surface area contributed by atoms with Crippen molar-refractivity contribution in [2.24, 2.45) is 11.8 Å². The van der Waals surface area contributed by atoms with Gasteiger partial charge in [-0.2, -0.15) is 0 Å². The van der Waals surface area contributed by atoms with Gasteiger partial charge in [0.2, 0.25) is 0 Å². The Balaban J connectivity index is 1.80. The first kappa shape index (κ1) is 14.6. The lowest BCUT2D eigenvalue weighted by atomic mass is 10.3. The van der Waals surface area contributed by atoms with Gasteiger partial charge in [0.05, 0.1) is 0 Å². The Morgan fingerprint density at radius 2 is 1.86 bits per heavy atom. The molecule has 0 amide bonds. The number of nitrogens with one attached hydrogen (secondary N) is 1. The Bertz CT molecular complexity index is 433. The maximum Gasteiger partial charge on any atom is 0.158 e. The smallest absolute Gasteiger partial charge is 0.158 e. The van der Waals surface area contributed by atoms with Gasteiger partial charge in [0.1, 0.15) is 18.2 Å². The third-order valence-corrected chi connectivity index (χ3v) is 4.07. The molecule has 0 atom stereocenters. The predicted octanol–water partition coefficient (Wildman–Crippen LogP) is 2.68. The van der Waals surface area contributed by atoms with E-state index in [-0.39, 0.29) is 0 Å². The molecular formula is C16H26N4O. The number of nitrogens with zero attached hydrogens (tertiary/aromatic N) is 3. The number of anilines is 2. The van der Waals surface area contributed by atoms with E-state index in [0.717, 1.165) is 48.9 Å². The second-order valence-electron chi connectivity index (χ2n) is 6.28. The first-order valence-corrected chi connectivity index (χ1v) is 8.14. The summed E-state index contributed by atoms with van der Waals surface area (Å²) in [6.45, 7) is 5.71. The molecule has 0 spiro atoms. The molecule has 0 saturated heterocycles. The maximum atomic E-state index is 5.21. The lowest BCUT2D eigenvalue weighted by Gasteiger charge is -2.24. The number of hydrogen-bond acceptors (Lipinski definition) is 5. The van der Waals surface area contributed by atoms with Crippen molar-refractivity contribution in [3.63, 3.8) is 0 Å². The first-order valence-electron chi connectivity index (χ1n) is 8.14. The fraction of sp³-hybridized carbons (Fsp3) is 0.750. The molecule has 21 heavy (non-hydrogen) atoms. The van der Waals surface area contributed by atoms with Crippen LogP contribution in [0.1, 0.15) is 38.4 Å². The lowest BCUT2D eigenvalue weighted by molar-refractivity contribution is 0.178. The monoisotopic (exact) mass is 290 g/mol. The summed E-state index contributed by atoms with van der Waals surface area (Å²) in [6.07, 6.45) is 5.49. The number of rotatable bonds is 9. The average Bonchev–Trinajstić information content (AvgIpc) is 3.34. The van der Waals surface area contributed by atoms with E-state index in [1.165, 1.54) is 25.7 Å². The van der Waals surface area contributed by atoms with E-state index in [1.54, 1.807) is 7.11 Å². The summed E-state index contributed by atoms with van der Waals surface area (Å²) in [5.74, 6) is 4.47. The van der Waals surface area contributed by atoms with Crippen LogP contribution in [0, 0.1) is 11.8 Å². The molecule has 0 radical (unpaired) electrons. The molecule has 1 aromatic heterocycles. The van der Waals surface area contributed by atoms with Crippen LogP contribution in [0.2, 0.25) is 0 Å². The van der Waals surface area contributed by atoms with Crippen LogP contribution in [-0.4, -0.2) is 36.7 Å². The molecule has 2 aliphatic carbocycles. The van der Waals surface area contributed by atoms with Crippen LogP contribution in [0.3, 0.4) is 0 Å². The molecule has 1 heterocycles. The topological polar surface area (TPSA) is 50.3 Å². The zero-order chi connectivity index (χ0) is 14.7. The first-order chi connectivity index (χ1) is 10.3. The molecule has 2 fully saturated rings. The van der Waals surface area contributed by atoms with Gasteiger partial charge in [0.25, 0.3) is 0 Å². The Hall–Kier alpha value is -1.36. The van der Waals surface area contributed by atoms with Crippen LogP contribution in [0.5, 0.6) is 0 Å². The molecular weight excluding hydrogens is 264 g/mol. The van der Waals surface area contributed by atoms with E-state index in [0.29, 0.717) is 6.61 Å². The van der Waals surface area contributed by atoms with Gasteiger partial charge in [0, 0.05) is 32.8 Å². The fourth-order valence-corrected chi connectivity index (χ4v) is 2.60. The summed E-state index contributed by atoms with van der Waals surface area (Å²) in [7, 11) is 1.69. The largest absolute Gasteiger partial charge is 0.377 e. The van der Waals surface area contributed by atoms with E-state index in [9.17, 15) is 0 Å². The van der Waals surface area contributed by atoms with Gasteiger partial charge in [0.15, 0.2) is 5.82 Å². The number of ether oxygens (including phenoxy) is 1. The standard InChI is InChI=1S/C16H26N4O/c1-3-17-14-8-16(19-15(18-14)11-21-2)20(9-12-4-5-12)10-13-6-7-13/h8,12-13H,3-7,9-11H2,1-2H3,(H,17,18,19). The summed E-state index contributed by atoms with van der Waals surface area (Å²) in [5, 5.41) is 3.31. The van der Waals surface area contributed by atoms with Crippen molar-refractivity contribution < 1.29 is 4.74 Å². The van der Waals surface area contributed by atoms with Crippen molar-refractivity contribution in [3.05, 3.63) is 11.9 Å². The van der Waals surface area contributed by atoms with Gasteiger partial charge < -0.3 is 15.0 Å². The van der Waals surface area contributed by atoms with Crippen LogP contribution in [-0.2, 0) is 11.3 Å². The second kappa shape index (κ2) is 6.60. The maximum absolute atomic E-state index is 5.21. The van der Waals surface area contributed by atoms with E-state index >= 15 is 0 Å². The molecule has 0 aliphatic heterocycles. The van der Waals surface area contributed by atoms with Gasteiger partial charge in [-0.1, -0.05) is 0 Å². The van der Waals surface area contributed by atoms with Crippen LogP contribution in [0.25, 0.3) is 0 Å². The molecule has 2 aliphatic rings. The van der Waals surface area contributed by atoms with Gasteiger partial charge in [-0.3, -0.25) is 0 Å². The van der Waals surface area contributed by atoms with E-state index in [1.807, 2.05) is 0 Å². The summed E-state index contributed by atoms with van der Waals surface area (Å²) in [4.78, 5) is 11.7. The highest BCUT2D eigenvalue weighted by Gasteiger charge is 2.30. The Labute approximate surface area is 127 Å². The SMILES string of the molecule is CCNc1cc(N(CC2CC2)CC2CC2)nc(COC)n1. The quantitative estimate of drug-likeness (QED) is 0.758. The average molecular weight is 290 g/mol. The van der Waals surface area contributed by atoms with Crippen molar-refractivity contribution in [2.45, 2.75) is 39.2 Å². The van der Waals surface area contributed by atoms with Crippen LogP contribution in [0.4, 0.5) is 11.6 Å². The fourth-order valence-electron chi connectivity index (χ4n) is 2.60. The lowest BCUT2D eigenvalue weighted by Crippen LogP contribution is -2.29. The van der Waals surface area contributed by atoms with Crippen molar-refractivity contribution >= 4 is 11.6 Å². The van der Waals surface area contributed by atoms with Crippen LogP contribution in [0.15, 0.2) is 6.07 Å². The minimum atomic E-state index is 0.465. The Kier molecular flexibility index (Phi) is 4.58. The van der Waals surface area contributed by atoms with E-state index < -0.39 is 0 Å². The van der Waals surface area contributed by atoms with Crippen molar-refractivity contribution in [1.82, 2.24) is 9.97 Å². The van der Waals surface area contributed by atoms with Gasteiger partial charge in [-0.05, 0) is 44.4 Å². The zero-order valence-corrected chi connectivity index (χ0v) is 13.1. The molecule has 1 aromatic rings. The molecule has 0 bridgehead atoms. The summed E-state index contributed by atoms with van der Waals surface area (Å²) in [5.41, 5.74) is 0. The molecule has 2 saturated carbocycles. The highest BCUT2D eigenvalue weighted by molar-refractivity contribution is 5.49. The number of methoxy groups -OCH3 is 1. The van der Waals surface area contributed by atoms with E-state index in [2.05, 4.69) is 28.2 Å². The normalized spacial score (nSPS) is 17.8. The number of aromatic nitrogens is 2. The third-order valence-electron chi connectivity index (χ3n) is 4.07. The summed E-state index contributed by atoms with van der Waals surface area (Å²) in [6, 6.07) is 2.09. The molecule has 5 heteroatoms. The van der Waals surface area contributed by atoms with E-state index in [4.69, 9.17) is 9.72 Å². The predicted molar refractivity (Wildman–Crippen MR) is 84.6 cm³/mol. The Morgan fingerprint density at radius 1 is 1.19 bits per heavy atom. The minimum absolute atomic E-state index is 0.465. The minimum Gasteiger partial charge on any atom is -0.377 e. The van der Waals surface area contributed by atoms with Crippen LogP contribution >= 0.6 is 0 Å². The molecule has 3 rings (SSSR count). The molecule has 0 unspecified atom stereocenters. The highest BCUT2D eigenvalue weighted by atomic mass is 16.5. The van der Waals surface area contributed by atoms with Crippen molar-refractivity contribution in [1.29, 1.82) is 0 Å². The van der Waals surface area contributed by atoms with Crippen molar-refractivity contribution in [3.8, 4) is 0 Å². The van der Waals surface area contributed by atoms with Gasteiger partial charge >= 0.3 is 0 Å². The molecule has 116 valence electrons. The summed E-state index contributed by atoms with van der Waals surface area (Å²) < 4.78 is 5.21. The van der Waals surface area contributed by atoms with Gasteiger partial charge in [-0.15, -0.1) is 0 Å².